The van der Waals surface area contributed by atoms with Gasteiger partial charge >= 0.3 is 0 Å². The third kappa shape index (κ3) is 4.51. The van der Waals surface area contributed by atoms with Crippen molar-refractivity contribution < 1.29 is 4.74 Å². The van der Waals surface area contributed by atoms with E-state index in [1.807, 2.05) is 0 Å². The predicted molar refractivity (Wildman–Crippen MR) is 79.7 cm³/mol. The zero-order chi connectivity index (χ0) is 13.7. The van der Waals surface area contributed by atoms with E-state index in [0.717, 1.165) is 31.9 Å². The molecular formula is C16H26N2O. The highest BCUT2D eigenvalue weighted by Gasteiger charge is 2.15. The maximum Gasteiger partial charge on any atom is 0.122 e. The molecule has 1 aromatic rings. The third-order valence-electron chi connectivity index (χ3n) is 3.76. The van der Waals surface area contributed by atoms with Gasteiger partial charge in [-0.3, -0.25) is 0 Å². The van der Waals surface area contributed by atoms with Crippen LogP contribution < -0.4 is 10.5 Å². The molecule has 1 aliphatic heterocycles. The summed E-state index contributed by atoms with van der Waals surface area (Å²) >= 11 is 0. The molecule has 2 rings (SSSR count). The summed E-state index contributed by atoms with van der Waals surface area (Å²) in [6.07, 6.45) is 3.48. The molecule has 1 fully saturated rings. The Morgan fingerprint density at radius 3 is 3.00 bits per heavy atom. The minimum absolute atomic E-state index is 0.369. The standard InChI is InChI=1S/C16H26N2O/c1-13-6-7-14(2)16(11-13)19-10-4-9-18-8-3-5-15(17)12-18/h6-7,11,15H,3-5,8-10,12,17H2,1-2H3. The summed E-state index contributed by atoms with van der Waals surface area (Å²) in [6, 6.07) is 6.73. The van der Waals surface area contributed by atoms with Gasteiger partial charge in [0.25, 0.3) is 0 Å². The van der Waals surface area contributed by atoms with Gasteiger partial charge in [-0.25, -0.2) is 0 Å². The summed E-state index contributed by atoms with van der Waals surface area (Å²) in [4.78, 5) is 2.46. The molecule has 0 amide bonds. The summed E-state index contributed by atoms with van der Waals surface area (Å²) in [7, 11) is 0. The van der Waals surface area contributed by atoms with E-state index in [0.29, 0.717) is 6.04 Å². The molecule has 0 aliphatic carbocycles. The Morgan fingerprint density at radius 1 is 1.37 bits per heavy atom. The highest BCUT2D eigenvalue weighted by Crippen LogP contribution is 2.19. The van der Waals surface area contributed by atoms with Crippen LogP contribution in [0.3, 0.4) is 0 Å². The van der Waals surface area contributed by atoms with Crippen LogP contribution >= 0.6 is 0 Å². The molecule has 1 saturated heterocycles. The zero-order valence-corrected chi connectivity index (χ0v) is 12.2. The topological polar surface area (TPSA) is 38.5 Å². The van der Waals surface area contributed by atoms with Gasteiger partial charge in [0, 0.05) is 19.1 Å². The lowest BCUT2D eigenvalue weighted by atomic mass is 10.1. The summed E-state index contributed by atoms with van der Waals surface area (Å²) in [5.41, 5.74) is 8.45. The van der Waals surface area contributed by atoms with Gasteiger partial charge in [0.15, 0.2) is 0 Å². The van der Waals surface area contributed by atoms with Crippen molar-refractivity contribution in [1.29, 1.82) is 0 Å². The van der Waals surface area contributed by atoms with Crippen LogP contribution in [0.1, 0.15) is 30.4 Å². The lowest BCUT2D eigenvalue weighted by Crippen LogP contribution is -2.43. The van der Waals surface area contributed by atoms with Crippen molar-refractivity contribution in [2.75, 3.05) is 26.2 Å². The molecule has 106 valence electrons. The average Bonchev–Trinajstić information content (AvgIpc) is 2.39. The van der Waals surface area contributed by atoms with Crippen LogP contribution in [0, 0.1) is 13.8 Å². The first-order valence-corrected chi connectivity index (χ1v) is 7.33. The Morgan fingerprint density at radius 2 is 2.21 bits per heavy atom. The number of hydrogen-bond acceptors (Lipinski definition) is 3. The smallest absolute Gasteiger partial charge is 0.122 e. The molecule has 0 aromatic heterocycles. The molecule has 1 aliphatic rings. The van der Waals surface area contributed by atoms with Crippen molar-refractivity contribution in [1.82, 2.24) is 4.90 Å². The van der Waals surface area contributed by atoms with Crippen LogP contribution in [0.25, 0.3) is 0 Å². The van der Waals surface area contributed by atoms with Crippen molar-refractivity contribution in [2.45, 2.75) is 39.2 Å². The van der Waals surface area contributed by atoms with Crippen LogP contribution in [0.15, 0.2) is 18.2 Å². The van der Waals surface area contributed by atoms with E-state index in [9.17, 15) is 0 Å². The predicted octanol–water partition coefficient (Wildman–Crippen LogP) is 2.50. The SMILES string of the molecule is Cc1ccc(C)c(OCCCN2CCCC(N)C2)c1. The van der Waals surface area contributed by atoms with Crippen molar-refractivity contribution in [3.8, 4) is 5.75 Å². The first-order chi connectivity index (χ1) is 9.15. The summed E-state index contributed by atoms with van der Waals surface area (Å²) in [5, 5.41) is 0. The first kappa shape index (κ1) is 14.4. The Balaban J connectivity index is 1.70. The highest BCUT2D eigenvalue weighted by atomic mass is 16.5. The molecule has 1 unspecified atom stereocenters. The number of hydrogen-bond donors (Lipinski definition) is 1. The maximum atomic E-state index is 5.98. The molecule has 3 heteroatoms. The minimum atomic E-state index is 0.369. The second-order valence-electron chi connectivity index (χ2n) is 5.67. The average molecular weight is 262 g/mol. The van der Waals surface area contributed by atoms with Crippen molar-refractivity contribution in [2.24, 2.45) is 5.73 Å². The molecule has 2 N–H and O–H groups in total. The number of piperidine rings is 1. The van der Waals surface area contributed by atoms with Crippen LogP contribution in [0.5, 0.6) is 5.75 Å². The maximum absolute atomic E-state index is 5.98. The van der Waals surface area contributed by atoms with Gasteiger partial charge in [-0.05, 0) is 56.8 Å². The monoisotopic (exact) mass is 262 g/mol. The van der Waals surface area contributed by atoms with E-state index in [-0.39, 0.29) is 0 Å². The number of nitrogens with zero attached hydrogens (tertiary/aromatic N) is 1. The van der Waals surface area contributed by atoms with Crippen LogP contribution in [0.4, 0.5) is 0 Å². The number of ether oxygens (including phenoxy) is 1. The van der Waals surface area contributed by atoms with Gasteiger partial charge in [-0.1, -0.05) is 12.1 Å². The fourth-order valence-corrected chi connectivity index (χ4v) is 2.63. The number of likely N-dealkylation sites (tertiary alicyclic amines) is 1. The second-order valence-corrected chi connectivity index (χ2v) is 5.67. The van der Waals surface area contributed by atoms with Gasteiger partial charge < -0.3 is 15.4 Å². The van der Waals surface area contributed by atoms with Crippen molar-refractivity contribution in [3.05, 3.63) is 29.3 Å². The summed E-state index contributed by atoms with van der Waals surface area (Å²) in [6.45, 7) is 8.31. The molecule has 1 atom stereocenters. The first-order valence-electron chi connectivity index (χ1n) is 7.33. The number of nitrogens with two attached hydrogens (primary N) is 1. The molecule has 3 nitrogen and oxygen atoms in total. The lowest BCUT2D eigenvalue weighted by Gasteiger charge is -2.30. The molecule has 0 bridgehead atoms. The number of aryl methyl sites for hydroxylation is 2. The van der Waals surface area contributed by atoms with Crippen LogP contribution in [0.2, 0.25) is 0 Å². The van der Waals surface area contributed by atoms with E-state index in [4.69, 9.17) is 10.5 Å². The largest absolute Gasteiger partial charge is 0.493 e. The van der Waals surface area contributed by atoms with E-state index >= 15 is 0 Å². The van der Waals surface area contributed by atoms with Crippen LogP contribution in [-0.4, -0.2) is 37.2 Å². The van der Waals surface area contributed by atoms with Gasteiger partial charge in [0.1, 0.15) is 5.75 Å². The van der Waals surface area contributed by atoms with E-state index in [2.05, 4.69) is 36.9 Å². The van der Waals surface area contributed by atoms with Gasteiger partial charge in [0.05, 0.1) is 6.61 Å². The fraction of sp³-hybridized carbons (Fsp3) is 0.625. The van der Waals surface area contributed by atoms with E-state index in [1.165, 1.54) is 30.5 Å². The summed E-state index contributed by atoms with van der Waals surface area (Å²) < 4.78 is 5.88. The molecular weight excluding hydrogens is 236 g/mol. The van der Waals surface area contributed by atoms with E-state index < -0.39 is 0 Å². The van der Waals surface area contributed by atoms with Crippen molar-refractivity contribution >= 4 is 0 Å². The molecule has 1 aromatic carbocycles. The highest BCUT2D eigenvalue weighted by molar-refractivity contribution is 5.35. The van der Waals surface area contributed by atoms with Crippen molar-refractivity contribution in [3.63, 3.8) is 0 Å². The van der Waals surface area contributed by atoms with Gasteiger partial charge in [0.2, 0.25) is 0 Å². The molecule has 0 saturated carbocycles. The Bertz CT molecular complexity index is 406. The molecule has 1 heterocycles. The molecule has 0 spiro atoms. The second kappa shape index (κ2) is 6.92. The van der Waals surface area contributed by atoms with Crippen LogP contribution in [-0.2, 0) is 0 Å². The molecule has 19 heavy (non-hydrogen) atoms. The zero-order valence-electron chi connectivity index (χ0n) is 12.2. The van der Waals surface area contributed by atoms with Gasteiger partial charge in [-0.15, -0.1) is 0 Å². The lowest BCUT2D eigenvalue weighted by molar-refractivity contribution is 0.190. The molecule has 0 radical (unpaired) electrons. The van der Waals surface area contributed by atoms with E-state index in [1.54, 1.807) is 0 Å². The fourth-order valence-electron chi connectivity index (χ4n) is 2.63. The number of benzene rings is 1. The minimum Gasteiger partial charge on any atom is -0.493 e. The number of rotatable bonds is 5. The third-order valence-corrected chi connectivity index (χ3v) is 3.76. The Labute approximate surface area is 116 Å². The van der Waals surface area contributed by atoms with Gasteiger partial charge in [-0.2, -0.15) is 0 Å². The normalized spacial score (nSPS) is 20.5. The quantitative estimate of drug-likeness (QED) is 0.829. The summed E-state index contributed by atoms with van der Waals surface area (Å²) in [5.74, 6) is 1.02. The Kier molecular flexibility index (Phi) is 5.23. The Hall–Kier alpha value is -1.06.